The Morgan fingerprint density at radius 2 is 0.809 bits per heavy atom. The molecule has 10 heteroatoms. The van der Waals surface area contributed by atoms with Gasteiger partial charge in [-0.25, -0.2) is 9.59 Å². The van der Waals surface area contributed by atoms with Gasteiger partial charge in [-0.3, -0.25) is 20.2 Å². The Kier molecular flexibility index (Phi) is 10.9. The average Bonchev–Trinajstić information content (AvgIpc) is 3.03. The fourth-order valence-electron chi connectivity index (χ4n) is 4.46. The zero-order chi connectivity index (χ0) is 34.2. The van der Waals surface area contributed by atoms with Crippen molar-refractivity contribution >= 4 is 35.1 Å². The largest absolute Gasteiger partial charge is 0.444 e. The van der Waals surface area contributed by atoms with Gasteiger partial charge in [0.15, 0.2) is 11.6 Å². The van der Waals surface area contributed by atoms with Gasteiger partial charge in [0.05, 0.1) is 0 Å². The number of rotatable bonds is 12. The number of anilines is 2. The van der Waals surface area contributed by atoms with Crippen molar-refractivity contribution < 1.29 is 38.9 Å². The molecule has 0 radical (unpaired) electrons. The van der Waals surface area contributed by atoms with Gasteiger partial charge in [0, 0.05) is 22.5 Å². The summed E-state index contributed by atoms with van der Waals surface area (Å²) in [6.45, 7) is 5.76. The smallest absolute Gasteiger partial charge is 0.411 e. The molecule has 4 aromatic rings. The number of ether oxygens (including phenoxy) is 2. The summed E-state index contributed by atoms with van der Waals surface area (Å²) < 4.78 is 10.6. The average molecular weight is 639 g/mol. The molecule has 47 heavy (non-hydrogen) atoms. The van der Waals surface area contributed by atoms with Gasteiger partial charge in [-0.15, -0.1) is 0 Å². The van der Waals surface area contributed by atoms with Gasteiger partial charge in [-0.2, -0.15) is 0 Å². The molecule has 0 unspecified atom stereocenters. The lowest BCUT2D eigenvalue weighted by atomic mass is 9.96. The second kappa shape index (κ2) is 14.8. The van der Waals surface area contributed by atoms with Crippen molar-refractivity contribution in [3.8, 4) is 0 Å². The summed E-state index contributed by atoms with van der Waals surface area (Å²) in [6.07, 6.45) is -0.604. The van der Waals surface area contributed by atoms with Gasteiger partial charge in [0.2, 0.25) is 0 Å². The number of hydrogen-bond acceptors (Lipinski definition) is 8. The molecule has 244 valence electrons. The predicted molar refractivity (Wildman–Crippen MR) is 177 cm³/mol. The Labute approximate surface area is 273 Å². The van der Waals surface area contributed by atoms with Crippen molar-refractivity contribution in [3.63, 3.8) is 0 Å². The molecule has 4 rings (SSSR count). The molecule has 0 spiro atoms. The number of benzene rings is 4. The summed E-state index contributed by atoms with van der Waals surface area (Å²) in [4.78, 5) is 48.8. The summed E-state index contributed by atoms with van der Waals surface area (Å²) >= 11 is 0. The second-order valence-corrected chi connectivity index (χ2v) is 12.1. The van der Waals surface area contributed by atoms with Crippen molar-refractivity contribution in [2.24, 2.45) is 0 Å². The number of carbonyl (C=O) groups excluding carboxylic acids is 4. The highest BCUT2D eigenvalue weighted by Gasteiger charge is 2.25. The first-order valence-corrected chi connectivity index (χ1v) is 14.9. The van der Waals surface area contributed by atoms with E-state index >= 15 is 0 Å². The van der Waals surface area contributed by atoms with E-state index in [4.69, 9.17) is 9.47 Å². The van der Waals surface area contributed by atoms with Crippen LogP contribution in [0.15, 0.2) is 97.1 Å². The van der Waals surface area contributed by atoms with E-state index in [0.29, 0.717) is 40.0 Å². The third-order valence-corrected chi connectivity index (χ3v) is 7.09. The van der Waals surface area contributed by atoms with Crippen molar-refractivity contribution in [1.82, 2.24) is 0 Å². The van der Waals surface area contributed by atoms with E-state index in [2.05, 4.69) is 10.6 Å². The molecule has 0 fully saturated rings. The van der Waals surface area contributed by atoms with E-state index in [1.54, 1.807) is 72.8 Å². The third-order valence-electron chi connectivity index (χ3n) is 7.09. The SMILES string of the molecule is CC(C)(O)C(=O)c1ccc(COC(=O)Nc2ccc(Cc3ccc(NC(=O)OCc4ccc(C(=O)C(C)(C)O)cc4)cc3)cc2)cc1. The zero-order valence-electron chi connectivity index (χ0n) is 26.7. The lowest BCUT2D eigenvalue weighted by Crippen LogP contribution is -2.31. The molecule has 0 heterocycles. The maximum atomic E-state index is 12.3. The molecule has 2 amide bonds. The molecular weight excluding hydrogens is 600 g/mol. The van der Waals surface area contributed by atoms with Crippen LogP contribution in [0.1, 0.15) is 70.7 Å². The fraction of sp³-hybridized carbons (Fsp3) is 0.243. The van der Waals surface area contributed by atoms with Crippen LogP contribution in [-0.4, -0.2) is 45.2 Å². The first-order chi connectivity index (χ1) is 22.2. The Morgan fingerprint density at radius 3 is 1.11 bits per heavy atom. The topological polar surface area (TPSA) is 151 Å². The van der Waals surface area contributed by atoms with Crippen LogP contribution in [-0.2, 0) is 29.1 Å². The monoisotopic (exact) mass is 638 g/mol. The van der Waals surface area contributed by atoms with Crippen molar-refractivity contribution in [1.29, 1.82) is 0 Å². The highest BCUT2D eigenvalue weighted by molar-refractivity contribution is 6.02. The number of nitrogens with one attached hydrogen (secondary N) is 2. The molecule has 0 atom stereocenters. The third kappa shape index (κ3) is 10.4. The van der Waals surface area contributed by atoms with E-state index in [0.717, 1.165) is 11.1 Å². The summed E-state index contributed by atoms with van der Waals surface area (Å²) in [7, 11) is 0. The van der Waals surface area contributed by atoms with E-state index in [-0.39, 0.29) is 24.8 Å². The van der Waals surface area contributed by atoms with Crippen molar-refractivity contribution in [2.45, 2.75) is 58.5 Å². The first-order valence-electron chi connectivity index (χ1n) is 14.9. The molecule has 0 aliphatic carbocycles. The molecule has 10 nitrogen and oxygen atoms in total. The van der Waals surface area contributed by atoms with E-state index < -0.39 is 23.4 Å². The van der Waals surface area contributed by atoms with Crippen LogP contribution in [0.5, 0.6) is 0 Å². The molecule has 4 aromatic carbocycles. The van der Waals surface area contributed by atoms with E-state index in [9.17, 15) is 29.4 Å². The maximum Gasteiger partial charge on any atom is 0.411 e. The van der Waals surface area contributed by atoms with Crippen LogP contribution in [0.4, 0.5) is 21.0 Å². The van der Waals surface area contributed by atoms with Gasteiger partial charge in [-0.1, -0.05) is 72.8 Å². The molecule has 0 aliphatic heterocycles. The Bertz CT molecular complexity index is 1570. The molecule has 0 saturated carbocycles. The van der Waals surface area contributed by atoms with Gasteiger partial charge >= 0.3 is 12.2 Å². The number of aliphatic hydroxyl groups is 2. The number of ketones is 2. The summed E-state index contributed by atoms with van der Waals surface area (Å²) in [5.41, 5.74) is 2.39. The van der Waals surface area contributed by atoms with Gasteiger partial charge < -0.3 is 19.7 Å². The molecular formula is C37H38N2O8. The number of carbonyl (C=O) groups is 4. The van der Waals surface area contributed by atoms with Crippen molar-refractivity contribution in [2.75, 3.05) is 10.6 Å². The number of amides is 2. The van der Waals surface area contributed by atoms with Crippen LogP contribution in [0.25, 0.3) is 0 Å². The summed E-state index contributed by atoms with van der Waals surface area (Å²) in [5.74, 6) is -0.779. The highest BCUT2D eigenvalue weighted by Crippen LogP contribution is 2.18. The lowest BCUT2D eigenvalue weighted by molar-refractivity contribution is 0.0487. The quantitative estimate of drug-likeness (QED) is 0.125. The normalized spacial score (nSPS) is 11.4. The van der Waals surface area contributed by atoms with Crippen LogP contribution >= 0.6 is 0 Å². The van der Waals surface area contributed by atoms with Gasteiger partial charge in [-0.05, 0) is 80.6 Å². The summed E-state index contributed by atoms with van der Waals surface area (Å²) in [5, 5.41) is 25.1. The highest BCUT2D eigenvalue weighted by atomic mass is 16.6. The fourth-order valence-corrected chi connectivity index (χ4v) is 4.46. The molecule has 0 bridgehead atoms. The minimum absolute atomic E-state index is 0.0191. The van der Waals surface area contributed by atoms with Crippen LogP contribution in [0, 0.1) is 0 Å². The maximum absolute atomic E-state index is 12.3. The molecule has 4 N–H and O–H groups in total. The summed E-state index contributed by atoms with van der Waals surface area (Å²) in [6, 6.07) is 27.7. The predicted octanol–water partition coefficient (Wildman–Crippen LogP) is 6.68. The molecule has 0 saturated heterocycles. The number of hydrogen-bond donors (Lipinski definition) is 4. The Morgan fingerprint density at radius 1 is 0.511 bits per heavy atom. The van der Waals surface area contributed by atoms with Gasteiger partial charge in [0.25, 0.3) is 0 Å². The van der Waals surface area contributed by atoms with Crippen LogP contribution < -0.4 is 10.6 Å². The Balaban J connectivity index is 1.19. The minimum atomic E-state index is -1.46. The molecule has 0 aromatic heterocycles. The van der Waals surface area contributed by atoms with Crippen molar-refractivity contribution in [3.05, 3.63) is 130 Å². The first kappa shape index (κ1) is 34.6. The second-order valence-electron chi connectivity index (χ2n) is 12.1. The standard InChI is InChI=1S/C37H38N2O8/c1-36(2,44)32(40)28-13-5-26(6-14-28)22-46-34(42)38-30-17-9-24(10-18-30)21-25-11-19-31(20-12-25)39-35(43)47-23-27-7-15-29(16-8-27)33(41)37(3,4)45/h5-20,44-45H,21-23H2,1-4H3,(H,38,42)(H,39,43). The zero-order valence-corrected chi connectivity index (χ0v) is 26.7. The lowest BCUT2D eigenvalue weighted by Gasteiger charge is -2.15. The van der Waals surface area contributed by atoms with Crippen LogP contribution in [0.3, 0.4) is 0 Å². The van der Waals surface area contributed by atoms with E-state index in [1.807, 2.05) is 24.3 Å². The number of Topliss-reactive ketones (excluding diaryl/α,β-unsaturated/α-hetero) is 2. The van der Waals surface area contributed by atoms with Crippen LogP contribution in [0.2, 0.25) is 0 Å². The minimum Gasteiger partial charge on any atom is -0.444 e. The van der Waals surface area contributed by atoms with Gasteiger partial charge in [0.1, 0.15) is 24.4 Å². The van der Waals surface area contributed by atoms with E-state index in [1.165, 1.54) is 27.7 Å². The Hall–Kier alpha value is -5.32. The molecule has 0 aliphatic rings.